The molecule has 7 nitrogen and oxygen atoms in total. The summed E-state index contributed by atoms with van der Waals surface area (Å²) in [5.41, 5.74) is 1.90. The number of pyridine rings is 1. The van der Waals surface area contributed by atoms with Crippen LogP contribution in [0.1, 0.15) is 32.8 Å². The molecule has 3 aliphatic heterocycles. The highest BCUT2D eigenvalue weighted by atomic mass is 16.5. The molecule has 0 bridgehead atoms. The van der Waals surface area contributed by atoms with Crippen LogP contribution in [0.4, 0.5) is 5.69 Å². The van der Waals surface area contributed by atoms with E-state index in [-0.39, 0.29) is 23.6 Å². The number of ether oxygens (including phenoxy) is 1. The molecule has 2 saturated heterocycles. The molecule has 1 aromatic carbocycles. The SMILES string of the molecule is COCCCN1C(=O)C2C(C1=O)C(C(=O)C(C)(C)C)N1c3c(ccc4cccnc34)C=CC21. The maximum absolute atomic E-state index is 13.8. The predicted molar refractivity (Wildman–Crippen MR) is 125 cm³/mol. The van der Waals surface area contributed by atoms with Gasteiger partial charge in [0.25, 0.3) is 0 Å². The number of methoxy groups -OCH3 is 1. The average Bonchev–Trinajstić information content (AvgIpc) is 3.26. The van der Waals surface area contributed by atoms with Crippen LogP contribution in [0, 0.1) is 17.3 Å². The summed E-state index contributed by atoms with van der Waals surface area (Å²) < 4.78 is 5.11. The van der Waals surface area contributed by atoms with Crippen molar-refractivity contribution in [2.24, 2.45) is 17.3 Å². The number of amides is 2. The van der Waals surface area contributed by atoms with E-state index in [0.717, 1.165) is 22.2 Å². The molecule has 0 aliphatic carbocycles. The molecular formula is C26H29N3O4. The highest BCUT2D eigenvalue weighted by Crippen LogP contribution is 2.51. The van der Waals surface area contributed by atoms with Crippen molar-refractivity contribution in [2.75, 3.05) is 25.2 Å². The van der Waals surface area contributed by atoms with Gasteiger partial charge in [0.1, 0.15) is 6.04 Å². The number of carbonyl (C=O) groups excluding carboxylic acids is 3. The number of aromatic nitrogens is 1. The van der Waals surface area contributed by atoms with Gasteiger partial charge in [-0.25, -0.2) is 0 Å². The van der Waals surface area contributed by atoms with E-state index in [1.165, 1.54) is 4.90 Å². The molecule has 4 heterocycles. The quantitative estimate of drug-likeness (QED) is 0.518. The zero-order valence-electron chi connectivity index (χ0n) is 19.4. The number of hydrogen-bond acceptors (Lipinski definition) is 6. The minimum Gasteiger partial charge on any atom is -0.385 e. The van der Waals surface area contributed by atoms with E-state index < -0.39 is 23.3 Å². The van der Waals surface area contributed by atoms with Crippen LogP contribution in [-0.4, -0.2) is 59.8 Å². The highest BCUT2D eigenvalue weighted by molar-refractivity contribution is 6.13. The molecule has 2 amide bonds. The lowest BCUT2D eigenvalue weighted by Crippen LogP contribution is -2.51. The number of carbonyl (C=O) groups is 3. The zero-order chi connectivity index (χ0) is 23.5. The summed E-state index contributed by atoms with van der Waals surface area (Å²) in [6.45, 7) is 6.40. The summed E-state index contributed by atoms with van der Waals surface area (Å²) in [6.07, 6.45) is 6.29. The molecule has 0 saturated carbocycles. The van der Waals surface area contributed by atoms with Crippen molar-refractivity contribution in [3.63, 3.8) is 0 Å². The Bertz CT molecular complexity index is 1180. The van der Waals surface area contributed by atoms with E-state index >= 15 is 0 Å². The van der Waals surface area contributed by atoms with E-state index in [0.29, 0.717) is 19.6 Å². The maximum atomic E-state index is 13.8. The first-order valence-corrected chi connectivity index (χ1v) is 11.5. The van der Waals surface area contributed by atoms with E-state index in [2.05, 4.69) is 4.98 Å². The third-order valence-corrected chi connectivity index (χ3v) is 7.07. The fourth-order valence-corrected chi connectivity index (χ4v) is 5.57. The molecule has 0 radical (unpaired) electrons. The van der Waals surface area contributed by atoms with Gasteiger partial charge in [-0.05, 0) is 18.1 Å². The number of benzene rings is 1. The Labute approximate surface area is 193 Å². The van der Waals surface area contributed by atoms with Gasteiger partial charge in [0.15, 0.2) is 5.78 Å². The van der Waals surface area contributed by atoms with E-state index in [4.69, 9.17) is 4.74 Å². The fourth-order valence-electron chi connectivity index (χ4n) is 5.57. The van der Waals surface area contributed by atoms with Crippen molar-refractivity contribution >= 4 is 40.3 Å². The van der Waals surface area contributed by atoms with Gasteiger partial charge in [-0.2, -0.15) is 0 Å². The second-order valence-corrected chi connectivity index (χ2v) is 10.1. The summed E-state index contributed by atoms with van der Waals surface area (Å²) in [5.74, 6) is -1.76. The van der Waals surface area contributed by atoms with E-state index in [9.17, 15) is 14.4 Å². The first-order valence-electron chi connectivity index (χ1n) is 11.5. The Hall–Kier alpha value is -3.06. The lowest BCUT2D eigenvalue weighted by atomic mass is 9.79. The number of Topliss-reactive ketones (excluding diaryl/α,β-unsaturated/α-hetero) is 1. The van der Waals surface area contributed by atoms with Gasteiger partial charge >= 0.3 is 0 Å². The number of imide groups is 1. The van der Waals surface area contributed by atoms with Crippen LogP contribution in [0.25, 0.3) is 17.0 Å². The molecule has 1 aromatic heterocycles. The molecule has 33 heavy (non-hydrogen) atoms. The van der Waals surface area contributed by atoms with E-state index in [1.54, 1.807) is 13.3 Å². The number of anilines is 1. The van der Waals surface area contributed by atoms with Crippen LogP contribution in [-0.2, 0) is 19.1 Å². The van der Waals surface area contributed by atoms with Crippen LogP contribution in [0.3, 0.4) is 0 Å². The molecule has 0 spiro atoms. The monoisotopic (exact) mass is 447 g/mol. The highest BCUT2D eigenvalue weighted by Gasteiger charge is 2.64. The van der Waals surface area contributed by atoms with Crippen LogP contribution >= 0.6 is 0 Å². The zero-order valence-corrected chi connectivity index (χ0v) is 19.4. The number of rotatable bonds is 5. The summed E-state index contributed by atoms with van der Waals surface area (Å²) in [5, 5.41) is 0.961. The third-order valence-electron chi connectivity index (χ3n) is 7.07. The number of ketones is 1. The first-order chi connectivity index (χ1) is 15.8. The molecule has 7 heteroatoms. The second-order valence-electron chi connectivity index (χ2n) is 10.1. The lowest BCUT2D eigenvalue weighted by Gasteiger charge is -2.39. The van der Waals surface area contributed by atoms with Crippen molar-refractivity contribution in [3.8, 4) is 0 Å². The van der Waals surface area contributed by atoms with E-state index in [1.807, 2.05) is 62.1 Å². The Kier molecular flexibility index (Phi) is 5.12. The molecule has 5 rings (SSSR count). The topological polar surface area (TPSA) is 79.8 Å². The third kappa shape index (κ3) is 3.21. The van der Waals surface area contributed by atoms with Crippen molar-refractivity contribution in [3.05, 3.63) is 42.1 Å². The molecule has 2 fully saturated rings. The number of fused-ring (bicyclic) bond motifs is 7. The minimum absolute atomic E-state index is 0.0333. The molecule has 3 aliphatic rings. The van der Waals surface area contributed by atoms with Gasteiger partial charge in [-0.15, -0.1) is 0 Å². The Morgan fingerprint density at radius 2 is 1.88 bits per heavy atom. The summed E-state index contributed by atoms with van der Waals surface area (Å²) in [7, 11) is 1.60. The summed E-state index contributed by atoms with van der Waals surface area (Å²) >= 11 is 0. The molecule has 4 atom stereocenters. The number of nitrogens with zero attached hydrogens (tertiary/aromatic N) is 3. The Morgan fingerprint density at radius 1 is 1.12 bits per heavy atom. The molecule has 2 aromatic rings. The largest absolute Gasteiger partial charge is 0.385 e. The molecule has 0 N–H and O–H groups in total. The predicted octanol–water partition coefficient (Wildman–Crippen LogP) is 3.07. The fraction of sp³-hybridized carbons (Fsp3) is 0.462. The van der Waals surface area contributed by atoms with Gasteiger partial charge in [-0.1, -0.05) is 51.1 Å². The maximum Gasteiger partial charge on any atom is 0.235 e. The normalized spacial score (nSPS) is 26.1. The smallest absolute Gasteiger partial charge is 0.235 e. The van der Waals surface area contributed by atoms with Crippen LogP contribution in [0.2, 0.25) is 0 Å². The second kappa shape index (κ2) is 7.76. The Morgan fingerprint density at radius 3 is 2.61 bits per heavy atom. The molecular weight excluding hydrogens is 418 g/mol. The molecule has 172 valence electrons. The van der Waals surface area contributed by atoms with Crippen LogP contribution < -0.4 is 4.90 Å². The van der Waals surface area contributed by atoms with Crippen molar-refractivity contribution in [1.82, 2.24) is 9.88 Å². The first kappa shape index (κ1) is 21.8. The van der Waals surface area contributed by atoms with Gasteiger partial charge in [-0.3, -0.25) is 24.3 Å². The van der Waals surface area contributed by atoms with Crippen LogP contribution in [0.15, 0.2) is 36.5 Å². The Balaban J connectivity index is 1.66. The van der Waals surface area contributed by atoms with Gasteiger partial charge < -0.3 is 9.64 Å². The average molecular weight is 448 g/mol. The van der Waals surface area contributed by atoms with Crippen LogP contribution in [0.5, 0.6) is 0 Å². The minimum atomic E-state index is -0.722. The van der Waals surface area contributed by atoms with Gasteiger partial charge in [0.05, 0.1) is 29.1 Å². The van der Waals surface area contributed by atoms with Crippen molar-refractivity contribution in [2.45, 2.75) is 39.3 Å². The number of likely N-dealkylation sites (tertiary alicyclic amines) is 1. The summed E-state index contributed by atoms with van der Waals surface area (Å²) in [6, 6.07) is 6.81. The lowest BCUT2D eigenvalue weighted by molar-refractivity contribution is -0.142. The molecule has 4 unspecified atom stereocenters. The summed E-state index contributed by atoms with van der Waals surface area (Å²) in [4.78, 5) is 49.0. The van der Waals surface area contributed by atoms with Gasteiger partial charge in [0.2, 0.25) is 11.8 Å². The van der Waals surface area contributed by atoms with Crippen molar-refractivity contribution < 1.29 is 19.1 Å². The standard InChI is InChI=1S/C26H29N3O4/c1-26(2,3)23(30)22-19-18(24(31)28(25(19)32)13-6-14-33-4)17-11-10-16-9-8-15-7-5-12-27-20(15)21(16)29(17)22/h5,7-12,17-19,22H,6,13-14H2,1-4H3. The van der Waals surface area contributed by atoms with Gasteiger partial charge in [0, 0.05) is 37.3 Å². The number of hydrogen-bond donors (Lipinski definition) is 0. The van der Waals surface area contributed by atoms with Crippen molar-refractivity contribution in [1.29, 1.82) is 0 Å².